The molecule has 0 aliphatic carbocycles. The van der Waals surface area contributed by atoms with Gasteiger partial charge in [-0.15, -0.1) is 0 Å². The maximum atomic E-state index is 4.40. The minimum absolute atomic E-state index is 0.384. The molecule has 1 heterocycles. The molecule has 2 heteroatoms. The van der Waals surface area contributed by atoms with Gasteiger partial charge in [0.05, 0.1) is 0 Å². The van der Waals surface area contributed by atoms with Gasteiger partial charge < -0.3 is 5.32 Å². The third-order valence-corrected chi connectivity index (χ3v) is 3.13. The second-order valence-electron chi connectivity index (χ2n) is 4.48. The number of hydrogen-bond donors (Lipinski definition) is 1. The van der Waals surface area contributed by atoms with Gasteiger partial charge in [-0.05, 0) is 36.7 Å². The molecule has 0 spiro atoms. The SMILES string of the molecule is CCNC(C)c1ccccc1Cc1ccccn1. The van der Waals surface area contributed by atoms with Gasteiger partial charge in [-0.2, -0.15) is 0 Å². The zero-order valence-electron chi connectivity index (χ0n) is 11.1. The molecule has 1 aromatic heterocycles. The van der Waals surface area contributed by atoms with Crippen molar-refractivity contribution in [3.8, 4) is 0 Å². The van der Waals surface area contributed by atoms with Crippen LogP contribution >= 0.6 is 0 Å². The number of benzene rings is 1. The summed E-state index contributed by atoms with van der Waals surface area (Å²) in [7, 11) is 0. The molecule has 1 unspecified atom stereocenters. The van der Waals surface area contributed by atoms with Crippen molar-refractivity contribution in [2.24, 2.45) is 0 Å². The molecule has 1 aromatic carbocycles. The Bertz CT molecular complexity index is 479. The average Bonchev–Trinajstić information content (AvgIpc) is 2.41. The van der Waals surface area contributed by atoms with Gasteiger partial charge in [-0.25, -0.2) is 0 Å². The third kappa shape index (κ3) is 3.17. The Balaban J connectivity index is 2.22. The summed E-state index contributed by atoms with van der Waals surface area (Å²) in [5.74, 6) is 0. The first-order valence-electron chi connectivity index (χ1n) is 6.52. The molecule has 2 aromatic rings. The number of nitrogens with one attached hydrogen (secondary N) is 1. The van der Waals surface area contributed by atoms with Crippen LogP contribution in [-0.2, 0) is 6.42 Å². The first kappa shape index (κ1) is 12.8. The van der Waals surface area contributed by atoms with E-state index in [1.54, 1.807) is 0 Å². The summed E-state index contributed by atoms with van der Waals surface area (Å²) in [6, 6.07) is 15.0. The summed E-state index contributed by atoms with van der Waals surface area (Å²) in [5.41, 5.74) is 3.84. The van der Waals surface area contributed by atoms with E-state index >= 15 is 0 Å². The molecule has 18 heavy (non-hydrogen) atoms. The van der Waals surface area contributed by atoms with E-state index in [-0.39, 0.29) is 0 Å². The summed E-state index contributed by atoms with van der Waals surface area (Å²) >= 11 is 0. The lowest BCUT2D eigenvalue weighted by molar-refractivity contribution is 0.594. The second kappa shape index (κ2) is 6.31. The minimum Gasteiger partial charge on any atom is -0.310 e. The minimum atomic E-state index is 0.384. The molecule has 0 saturated heterocycles. The molecule has 0 bridgehead atoms. The van der Waals surface area contributed by atoms with Crippen molar-refractivity contribution in [1.29, 1.82) is 0 Å². The molecule has 0 aliphatic heterocycles. The highest BCUT2D eigenvalue weighted by Crippen LogP contribution is 2.19. The van der Waals surface area contributed by atoms with Gasteiger partial charge in [-0.3, -0.25) is 4.98 Å². The van der Waals surface area contributed by atoms with Gasteiger partial charge in [0.15, 0.2) is 0 Å². The molecule has 2 nitrogen and oxygen atoms in total. The van der Waals surface area contributed by atoms with Gasteiger partial charge >= 0.3 is 0 Å². The molecule has 0 amide bonds. The summed E-state index contributed by atoms with van der Waals surface area (Å²) in [6.07, 6.45) is 2.75. The highest BCUT2D eigenvalue weighted by Gasteiger charge is 2.09. The predicted molar refractivity (Wildman–Crippen MR) is 75.6 cm³/mol. The largest absolute Gasteiger partial charge is 0.310 e. The Hall–Kier alpha value is -1.67. The van der Waals surface area contributed by atoms with Crippen LogP contribution in [0.4, 0.5) is 0 Å². The highest BCUT2D eigenvalue weighted by atomic mass is 14.9. The first-order valence-corrected chi connectivity index (χ1v) is 6.52. The standard InChI is InChI=1S/C16H20N2/c1-3-17-13(2)16-10-5-4-8-14(16)12-15-9-6-7-11-18-15/h4-11,13,17H,3,12H2,1-2H3. The summed E-state index contributed by atoms with van der Waals surface area (Å²) in [6.45, 7) is 5.33. The second-order valence-corrected chi connectivity index (χ2v) is 4.48. The lowest BCUT2D eigenvalue weighted by Crippen LogP contribution is -2.19. The lowest BCUT2D eigenvalue weighted by atomic mass is 9.97. The van der Waals surface area contributed by atoms with E-state index in [1.807, 2.05) is 18.3 Å². The van der Waals surface area contributed by atoms with Crippen LogP contribution < -0.4 is 5.32 Å². The molecule has 0 aliphatic rings. The fourth-order valence-corrected chi connectivity index (χ4v) is 2.23. The summed E-state index contributed by atoms with van der Waals surface area (Å²) in [4.78, 5) is 4.40. The highest BCUT2D eigenvalue weighted by molar-refractivity contribution is 5.32. The lowest BCUT2D eigenvalue weighted by Gasteiger charge is -2.17. The predicted octanol–water partition coefficient (Wildman–Crippen LogP) is 3.34. The fraction of sp³-hybridized carbons (Fsp3) is 0.312. The molecular weight excluding hydrogens is 220 g/mol. The van der Waals surface area contributed by atoms with Crippen molar-refractivity contribution in [3.63, 3.8) is 0 Å². The summed E-state index contributed by atoms with van der Waals surface area (Å²) < 4.78 is 0. The molecule has 0 fully saturated rings. The third-order valence-electron chi connectivity index (χ3n) is 3.13. The van der Waals surface area contributed by atoms with Crippen LogP contribution in [0, 0.1) is 0 Å². The van der Waals surface area contributed by atoms with Crippen molar-refractivity contribution in [2.75, 3.05) is 6.54 Å². The van der Waals surface area contributed by atoms with Gasteiger partial charge in [0.2, 0.25) is 0 Å². The average molecular weight is 240 g/mol. The molecule has 1 N–H and O–H groups in total. The van der Waals surface area contributed by atoms with Crippen LogP contribution in [0.15, 0.2) is 48.7 Å². The van der Waals surface area contributed by atoms with E-state index in [4.69, 9.17) is 0 Å². The van der Waals surface area contributed by atoms with Gasteiger partial charge in [0, 0.05) is 24.4 Å². The van der Waals surface area contributed by atoms with Crippen molar-refractivity contribution in [2.45, 2.75) is 26.3 Å². The van der Waals surface area contributed by atoms with Crippen molar-refractivity contribution in [3.05, 3.63) is 65.5 Å². The Morgan fingerprint density at radius 3 is 2.61 bits per heavy atom. The topological polar surface area (TPSA) is 24.9 Å². The zero-order chi connectivity index (χ0) is 12.8. The van der Waals surface area contributed by atoms with Crippen LogP contribution in [0.25, 0.3) is 0 Å². The quantitative estimate of drug-likeness (QED) is 0.867. The smallest absolute Gasteiger partial charge is 0.0447 e. The Labute approximate surface area is 109 Å². The maximum Gasteiger partial charge on any atom is 0.0447 e. The van der Waals surface area contributed by atoms with Crippen molar-refractivity contribution < 1.29 is 0 Å². The van der Waals surface area contributed by atoms with Crippen LogP contribution in [-0.4, -0.2) is 11.5 Å². The maximum absolute atomic E-state index is 4.40. The van der Waals surface area contributed by atoms with Crippen LogP contribution in [0.1, 0.15) is 36.7 Å². The molecule has 0 saturated carbocycles. The molecular formula is C16H20N2. The fourth-order valence-electron chi connectivity index (χ4n) is 2.23. The van der Waals surface area contributed by atoms with Crippen LogP contribution in [0.3, 0.4) is 0 Å². The number of nitrogens with zero attached hydrogens (tertiary/aromatic N) is 1. The monoisotopic (exact) mass is 240 g/mol. The Morgan fingerprint density at radius 1 is 1.11 bits per heavy atom. The van der Waals surface area contributed by atoms with Gasteiger partial charge in [0.25, 0.3) is 0 Å². The molecule has 94 valence electrons. The van der Waals surface area contributed by atoms with Gasteiger partial charge in [-0.1, -0.05) is 37.3 Å². The van der Waals surface area contributed by atoms with Crippen LogP contribution in [0.2, 0.25) is 0 Å². The Kier molecular flexibility index (Phi) is 4.48. The van der Waals surface area contributed by atoms with E-state index in [0.29, 0.717) is 6.04 Å². The normalized spacial score (nSPS) is 12.3. The molecule has 2 rings (SSSR count). The van der Waals surface area contributed by atoms with E-state index in [2.05, 4.69) is 54.5 Å². The number of pyridine rings is 1. The number of rotatable bonds is 5. The van der Waals surface area contributed by atoms with E-state index < -0.39 is 0 Å². The first-order chi connectivity index (χ1) is 8.81. The summed E-state index contributed by atoms with van der Waals surface area (Å²) in [5, 5.41) is 3.47. The van der Waals surface area contributed by atoms with Gasteiger partial charge in [0.1, 0.15) is 0 Å². The van der Waals surface area contributed by atoms with Crippen LogP contribution in [0.5, 0.6) is 0 Å². The Morgan fingerprint density at radius 2 is 1.89 bits per heavy atom. The molecule has 1 atom stereocenters. The zero-order valence-corrected chi connectivity index (χ0v) is 11.1. The van der Waals surface area contributed by atoms with E-state index in [1.165, 1.54) is 11.1 Å². The molecule has 0 radical (unpaired) electrons. The number of aromatic nitrogens is 1. The van der Waals surface area contributed by atoms with E-state index in [0.717, 1.165) is 18.7 Å². The van der Waals surface area contributed by atoms with Crippen molar-refractivity contribution in [1.82, 2.24) is 10.3 Å². The number of hydrogen-bond acceptors (Lipinski definition) is 2. The van der Waals surface area contributed by atoms with Crippen molar-refractivity contribution >= 4 is 0 Å². The van der Waals surface area contributed by atoms with E-state index in [9.17, 15) is 0 Å².